The van der Waals surface area contributed by atoms with Crippen LogP contribution in [0.2, 0.25) is 0 Å². The molecule has 0 spiro atoms. The van der Waals surface area contributed by atoms with E-state index in [2.05, 4.69) is 26.1 Å². The molecule has 0 radical (unpaired) electrons. The van der Waals surface area contributed by atoms with Crippen LogP contribution in [-0.2, 0) is 0 Å². The van der Waals surface area contributed by atoms with Crippen LogP contribution in [0.25, 0.3) is 0 Å². The summed E-state index contributed by atoms with van der Waals surface area (Å²) >= 11 is 0. The van der Waals surface area contributed by atoms with E-state index in [4.69, 9.17) is 0 Å². The van der Waals surface area contributed by atoms with Gasteiger partial charge in [0.1, 0.15) is 5.82 Å². The summed E-state index contributed by atoms with van der Waals surface area (Å²) in [5, 5.41) is 3.48. The largest absolute Gasteiger partial charge is 0.372 e. The summed E-state index contributed by atoms with van der Waals surface area (Å²) < 4.78 is 13.8. The van der Waals surface area contributed by atoms with Crippen molar-refractivity contribution in [1.29, 1.82) is 0 Å². The molecular formula is C16H27FN2. The molecule has 0 fully saturated rings. The van der Waals surface area contributed by atoms with Gasteiger partial charge < -0.3 is 10.2 Å². The lowest BCUT2D eigenvalue weighted by molar-refractivity contribution is 0.299. The van der Waals surface area contributed by atoms with Gasteiger partial charge in [-0.15, -0.1) is 0 Å². The van der Waals surface area contributed by atoms with Gasteiger partial charge >= 0.3 is 0 Å². The van der Waals surface area contributed by atoms with Crippen molar-refractivity contribution in [2.24, 2.45) is 5.41 Å². The van der Waals surface area contributed by atoms with Crippen molar-refractivity contribution in [3.63, 3.8) is 0 Å². The maximum Gasteiger partial charge on any atom is 0.146 e. The molecule has 0 bridgehead atoms. The molecule has 0 aliphatic carbocycles. The van der Waals surface area contributed by atoms with Crippen molar-refractivity contribution in [3.05, 3.63) is 30.1 Å². The van der Waals surface area contributed by atoms with Crippen molar-refractivity contribution in [3.8, 4) is 0 Å². The Morgan fingerprint density at radius 2 is 1.95 bits per heavy atom. The van der Waals surface area contributed by atoms with Crippen LogP contribution in [0.5, 0.6) is 0 Å². The molecule has 1 N–H and O–H groups in total. The summed E-state index contributed by atoms with van der Waals surface area (Å²) in [6.45, 7) is 9.48. The van der Waals surface area contributed by atoms with Gasteiger partial charge in [-0.2, -0.15) is 0 Å². The highest BCUT2D eigenvalue weighted by molar-refractivity contribution is 5.46. The van der Waals surface area contributed by atoms with Crippen molar-refractivity contribution in [1.82, 2.24) is 5.32 Å². The van der Waals surface area contributed by atoms with E-state index in [0.717, 1.165) is 32.5 Å². The molecule has 0 saturated heterocycles. The first-order valence-corrected chi connectivity index (χ1v) is 7.19. The summed E-state index contributed by atoms with van der Waals surface area (Å²) in [6, 6.07) is 6.97. The van der Waals surface area contributed by atoms with E-state index in [1.54, 1.807) is 6.07 Å². The van der Waals surface area contributed by atoms with Crippen molar-refractivity contribution >= 4 is 5.69 Å². The van der Waals surface area contributed by atoms with Gasteiger partial charge in [0.05, 0.1) is 5.69 Å². The Balaban J connectivity index is 2.67. The van der Waals surface area contributed by atoms with Gasteiger partial charge in [0.25, 0.3) is 0 Å². The average Bonchev–Trinajstić information content (AvgIpc) is 2.39. The maximum absolute atomic E-state index is 13.8. The second-order valence-corrected chi connectivity index (χ2v) is 5.65. The van der Waals surface area contributed by atoms with Gasteiger partial charge in [0.2, 0.25) is 0 Å². The lowest BCUT2D eigenvalue weighted by Crippen LogP contribution is -2.41. The van der Waals surface area contributed by atoms with Crippen molar-refractivity contribution in [2.75, 3.05) is 31.6 Å². The minimum absolute atomic E-state index is 0.148. The third-order valence-electron chi connectivity index (χ3n) is 3.71. The van der Waals surface area contributed by atoms with Gasteiger partial charge in [-0.1, -0.05) is 32.9 Å². The third kappa shape index (κ3) is 4.83. The van der Waals surface area contributed by atoms with Crippen LogP contribution in [0, 0.1) is 11.2 Å². The number of hydrogen-bond donors (Lipinski definition) is 1. The fraction of sp³-hybridized carbons (Fsp3) is 0.625. The number of nitrogens with one attached hydrogen (secondary N) is 1. The molecule has 0 heterocycles. The predicted molar refractivity (Wildman–Crippen MR) is 81.2 cm³/mol. The van der Waals surface area contributed by atoms with E-state index in [1.165, 1.54) is 6.07 Å². The smallest absolute Gasteiger partial charge is 0.146 e. The quantitative estimate of drug-likeness (QED) is 0.722. The zero-order chi connectivity index (χ0) is 14.3. The van der Waals surface area contributed by atoms with Crippen LogP contribution in [-0.4, -0.2) is 26.7 Å². The topological polar surface area (TPSA) is 15.3 Å². The summed E-state index contributed by atoms with van der Waals surface area (Å²) in [5.74, 6) is -0.148. The van der Waals surface area contributed by atoms with E-state index in [1.807, 2.05) is 24.1 Å². The van der Waals surface area contributed by atoms with Gasteiger partial charge in [-0.05, 0) is 36.9 Å². The van der Waals surface area contributed by atoms with Gasteiger partial charge in [-0.25, -0.2) is 4.39 Å². The number of nitrogens with zero attached hydrogens (tertiary/aromatic N) is 1. The Kier molecular flexibility index (Phi) is 6.29. The SMILES string of the molecule is CCCNCC(C)(CC)CN(C)c1ccccc1F. The monoisotopic (exact) mass is 266 g/mol. The maximum atomic E-state index is 13.8. The molecule has 0 aliphatic rings. The van der Waals surface area contributed by atoms with Crippen LogP contribution in [0.1, 0.15) is 33.6 Å². The van der Waals surface area contributed by atoms with E-state index in [-0.39, 0.29) is 11.2 Å². The molecule has 1 unspecified atom stereocenters. The van der Waals surface area contributed by atoms with Crippen LogP contribution in [0.3, 0.4) is 0 Å². The van der Waals surface area contributed by atoms with Crippen molar-refractivity contribution in [2.45, 2.75) is 33.6 Å². The van der Waals surface area contributed by atoms with Gasteiger partial charge in [0, 0.05) is 20.1 Å². The summed E-state index contributed by atoms with van der Waals surface area (Å²) in [5.41, 5.74) is 0.837. The Morgan fingerprint density at radius 1 is 1.26 bits per heavy atom. The number of halogens is 1. The Bertz CT molecular complexity index is 381. The van der Waals surface area contributed by atoms with Crippen LogP contribution < -0.4 is 10.2 Å². The first-order valence-electron chi connectivity index (χ1n) is 7.19. The molecule has 19 heavy (non-hydrogen) atoms. The molecular weight excluding hydrogens is 239 g/mol. The van der Waals surface area contributed by atoms with E-state index in [9.17, 15) is 4.39 Å². The number of anilines is 1. The Hall–Kier alpha value is -1.09. The second-order valence-electron chi connectivity index (χ2n) is 5.65. The Morgan fingerprint density at radius 3 is 2.53 bits per heavy atom. The van der Waals surface area contributed by atoms with E-state index < -0.39 is 0 Å². The fourth-order valence-corrected chi connectivity index (χ4v) is 2.28. The van der Waals surface area contributed by atoms with Crippen molar-refractivity contribution < 1.29 is 4.39 Å². The minimum atomic E-state index is -0.148. The average molecular weight is 266 g/mol. The van der Waals surface area contributed by atoms with Gasteiger partial charge in [-0.3, -0.25) is 0 Å². The summed E-state index contributed by atoms with van der Waals surface area (Å²) in [4.78, 5) is 2.02. The summed E-state index contributed by atoms with van der Waals surface area (Å²) in [6.07, 6.45) is 2.21. The van der Waals surface area contributed by atoms with Crippen LogP contribution in [0.15, 0.2) is 24.3 Å². The highest BCUT2D eigenvalue weighted by Crippen LogP contribution is 2.25. The molecule has 108 valence electrons. The number of benzene rings is 1. The molecule has 1 aromatic rings. The molecule has 1 atom stereocenters. The minimum Gasteiger partial charge on any atom is -0.372 e. The normalized spacial score (nSPS) is 14.2. The van der Waals surface area contributed by atoms with E-state index in [0.29, 0.717) is 5.69 Å². The second kappa shape index (κ2) is 7.49. The molecule has 0 saturated carbocycles. The molecule has 0 amide bonds. The van der Waals surface area contributed by atoms with E-state index >= 15 is 0 Å². The van der Waals surface area contributed by atoms with Crippen LogP contribution >= 0.6 is 0 Å². The third-order valence-corrected chi connectivity index (χ3v) is 3.71. The summed E-state index contributed by atoms with van der Waals surface area (Å²) in [7, 11) is 1.96. The fourth-order valence-electron chi connectivity index (χ4n) is 2.28. The van der Waals surface area contributed by atoms with Crippen LogP contribution in [0.4, 0.5) is 10.1 Å². The number of para-hydroxylation sites is 1. The highest BCUT2D eigenvalue weighted by atomic mass is 19.1. The zero-order valence-corrected chi connectivity index (χ0v) is 12.7. The zero-order valence-electron chi connectivity index (χ0n) is 12.7. The number of hydrogen-bond acceptors (Lipinski definition) is 2. The predicted octanol–water partition coefficient (Wildman–Crippen LogP) is 3.68. The molecule has 2 nitrogen and oxygen atoms in total. The molecule has 3 heteroatoms. The Labute approximate surface area is 117 Å². The lowest BCUT2D eigenvalue weighted by atomic mass is 9.86. The first-order chi connectivity index (χ1) is 9.02. The lowest BCUT2D eigenvalue weighted by Gasteiger charge is -2.34. The molecule has 1 aromatic carbocycles. The first kappa shape index (κ1) is 16.0. The highest BCUT2D eigenvalue weighted by Gasteiger charge is 2.24. The number of rotatable bonds is 8. The van der Waals surface area contributed by atoms with Gasteiger partial charge in [0.15, 0.2) is 0 Å². The molecule has 0 aliphatic heterocycles. The standard InChI is InChI=1S/C16H27FN2/c1-5-11-18-12-16(3,6-2)13-19(4)15-10-8-7-9-14(15)17/h7-10,18H,5-6,11-13H2,1-4H3. The molecule has 0 aromatic heterocycles. The molecule has 1 rings (SSSR count).